The van der Waals surface area contributed by atoms with Crippen LogP contribution in [-0.4, -0.2) is 55.9 Å². The van der Waals surface area contributed by atoms with Crippen molar-refractivity contribution in [3.8, 4) is 0 Å². The summed E-state index contributed by atoms with van der Waals surface area (Å²) >= 11 is 2.09. The van der Waals surface area contributed by atoms with Crippen LogP contribution in [-0.2, 0) is 28.5 Å². The minimum atomic E-state index is -2.21. The zero-order valence-electron chi connectivity index (χ0n) is 24.9. The number of ether oxygens (including phenoxy) is 1. The van der Waals surface area contributed by atoms with E-state index in [2.05, 4.69) is 106 Å². The predicted octanol–water partition coefficient (Wildman–Crippen LogP) is 5.85. The fourth-order valence-electron chi connectivity index (χ4n) is 3.37. The number of aromatic amines is 1. The van der Waals surface area contributed by atoms with Crippen molar-refractivity contribution in [2.75, 3.05) is 11.9 Å². The molecule has 14 heteroatoms. The molecule has 1 aliphatic rings. The molecule has 0 aliphatic carbocycles. The van der Waals surface area contributed by atoms with Crippen LogP contribution in [0.25, 0.3) is 11.0 Å². The van der Waals surface area contributed by atoms with E-state index in [1.165, 1.54) is 6.92 Å². The third-order valence-corrected chi connectivity index (χ3v) is 17.3. The first-order valence-corrected chi connectivity index (χ1v) is 20.0. The maximum Gasteiger partial charge on any atom is 0.277 e. The van der Waals surface area contributed by atoms with Crippen LogP contribution in [0.3, 0.4) is 0 Å². The Balaban J connectivity index is 1.89. The zero-order chi connectivity index (χ0) is 29.6. The van der Waals surface area contributed by atoms with E-state index in [0.29, 0.717) is 21.3 Å². The number of fused-ring (bicyclic) bond motifs is 1. The molecule has 1 fully saturated rings. The molecule has 3 heterocycles. The first-order chi connectivity index (χ1) is 17.7. The van der Waals surface area contributed by atoms with Gasteiger partial charge in [-0.05, 0) is 58.9 Å². The smallest absolute Gasteiger partial charge is 0.277 e. The summed E-state index contributed by atoms with van der Waals surface area (Å²) in [6.45, 7) is 22.9. The second kappa shape index (κ2) is 11.6. The van der Waals surface area contributed by atoms with Crippen molar-refractivity contribution >= 4 is 62.0 Å². The molecule has 3 rings (SSSR count). The lowest BCUT2D eigenvalue weighted by molar-refractivity contribution is -0.290. The molecule has 2 N–H and O–H groups in total. The lowest BCUT2D eigenvalue weighted by Gasteiger charge is -2.36. The van der Waals surface area contributed by atoms with Crippen LogP contribution in [0.1, 0.15) is 61.1 Å². The largest absolute Gasteiger partial charge is 0.349 e. The average Bonchev–Trinajstić information content (AvgIpc) is 3.38. The number of rotatable bonds is 9. The molecule has 0 aromatic carbocycles. The van der Waals surface area contributed by atoms with E-state index in [1.54, 1.807) is 10.9 Å². The fraction of sp³-hybridized carbons (Fsp3) is 0.720. The van der Waals surface area contributed by atoms with Crippen LogP contribution in [0.2, 0.25) is 36.3 Å². The molecule has 2 aromatic heterocycles. The number of pyridine rings is 1. The highest BCUT2D eigenvalue weighted by molar-refractivity contribution is 14.1. The van der Waals surface area contributed by atoms with Crippen LogP contribution < -0.4 is 10.9 Å². The second-order valence-electron chi connectivity index (χ2n) is 13.1. The molecular formula is C25H43IN4O7Si2. The Morgan fingerprint density at radius 1 is 1.15 bits per heavy atom. The van der Waals surface area contributed by atoms with E-state index in [9.17, 15) is 9.59 Å². The van der Waals surface area contributed by atoms with Crippen LogP contribution in [0.15, 0.2) is 11.1 Å². The molecule has 0 unspecified atom stereocenters. The van der Waals surface area contributed by atoms with Gasteiger partial charge in [-0.1, -0.05) is 41.5 Å². The quantitative estimate of drug-likeness (QED) is 0.145. The van der Waals surface area contributed by atoms with Crippen molar-refractivity contribution in [2.24, 2.45) is 0 Å². The first-order valence-electron chi connectivity index (χ1n) is 13.1. The van der Waals surface area contributed by atoms with Crippen molar-refractivity contribution < 1.29 is 28.5 Å². The number of halogens is 1. The van der Waals surface area contributed by atoms with E-state index < -0.39 is 40.6 Å². The summed E-state index contributed by atoms with van der Waals surface area (Å²) in [5, 5.41) is 2.62. The summed E-state index contributed by atoms with van der Waals surface area (Å²) in [6.07, 6.45) is 0.568. The second-order valence-corrected chi connectivity index (χ2v) is 23.6. The van der Waals surface area contributed by atoms with Gasteiger partial charge in [0, 0.05) is 13.3 Å². The van der Waals surface area contributed by atoms with Gasteiger partial charge < -0.3 is 19.6 Å². The molecule has 0 radical (unpaired) electrons. The number of nitrogens with zero attached hydrogens (tertiary/aromatic N) is 2. The van der Waals surface area contributed by atoms with Gasteiger partial charge in [-0.25, -0.2) is 14.8 Å². The molecule has 220 valence electrons. The maximum atomic E-state index is 12.7. The van der Waals surface area contributed by atoms with Gasteiger partial charge in [0.05, 0.1) is 15.4 Å². The van der Waals surface area contributed by atoms with Crippen molar-refractivity contribution in [2.45, 2.75) is 110 Å². The third-order valence-electron chi connectivity index (χ3n) is 7.96. The molecule has 11 nitrogen and oxygen atoms in total. The SMILES string of the molecule is CC(=O)Nc1[nH]c(=O)c2ncn([C@H]3C[C@H](OO[Si](C)(C)C(C)(C)C)[C@@H](COO[Si](C)(C)C(C)(C)C)O3)c2c1I. The highest BCUT2D eigenvalue weighted by atomic mass is 127. The van der Waals surface area contributed by atoms with Gasteiger partial charge in [0.1, 0.15) is 30.9 Å². The van der Waals surface area contributed by atoms with Crippen molar-refractivity contribution in [1.82, 2.24) is 14.5 Å². The number of amides is 1. The van der Waals surface area contributed by atoms with E-state index in [-0.39, 0.29) is 28.1 Å². The standard InChI is InChI=1S/C25H43IN4O7Si2/c1-15(31)28-22-19(26)21-20(23(32)29-22)27-14-30(21)18-12-16(35-37-39(10,11)25(5,6)7)17(34-18)13-33-36-38(8,9)24(2,3)4/h14,16-18H,12-13H2,1-11H3,(H2,28,29,31,32)/t16-,17+,18+/m0/s1. The number of hydrogen-bond acceptors (Lipinski definition) is 8. The zero-order valence-corrected chi connectivity index (χ0v) is 29.0. The monoisotopic (exact) mass is 694 g/mol. The van der Waals surface area contributed by atoms with Gasteiger partial charge in [-0.2, -0.15) is 0 Å². The summed E-state index contributed by atoms with van der Waals surface area (Å²) in [7, 11) is -4.35. The first kappa shape index (κ1) is 32.4. The summed E-state index contributed by atoms with van der Waals surface area (Å²) in [5.74, 6) is 0.0262. The number of hydrogen-bond donors (Lipinski definition) is 2. The van der Waals surface area contributed by atoms with Gasteiger partial charge in [0.2, 0.25) is 22.5 Å². The highest BCUT2D eigenvalue weighted by Gasteiger charge is 2.45. The minimum Gasteiger partial charge on any atom is -0.349 e. The lowest BCUT2D eigenvalue weighted by Crippen LogP contribution is -2.44. The van der Waals surface area contributed by atoms with E-state index in [0.717, 1.165) is 0 Å². The Kier molecular flexibility index (Phi) is 9.64. The molecule has 1 amide bonds. The average molecular weight is 695 g/mol. The molecule has 39 heavy (non-hydrogen) atoms. The van der Waals surface area contributed by atoms with Crippen LogP contribution in [0.4, 0.5) is 5.82 Å². The van der Waals surface area contributed by atoms with Crippen molar-refractivity contribution in [3.63, 3.8) is 0 Å². The van der Waals surface area contributed by atoms with Crippen molar-refractivity contribution in [1.29, 1.82) is 0 Å². The van der Waals surface area contributed by atoms with E-state index >= 15 is 0 Å². The molecule has 3 atom stereocenters. The van der Waals surface area contributed by atoms with Gasteiger partial charge in [-0.3, -0.25) is 18.7 Å². The number of imidazole rings is 1. The molecule has 1 saturated heterocycles. The van der Waals surface area contributed by atoms with E-state index in [4.69, 9.17) is 23.7 Å². The highest BCUT2D eigenvalue weighted by Crippen LogP contribution is 2.40. The van der Waals surface area contributed by atoms with Gasteiger partial charge in [-0.15, -0.1) is 0 Å². The Morgan fingerprint density at radius 2 is 1.74 bits per heavy atom. The normalized spacial score (nSPS) is 21.1. The van der Waals surface area contributed by atoms with Crippen molar-refractivity contribution in [3.05, 3.63) is 20.3 Å². The van der Waals surface area contributed by atoms with Crippen LogP contribution in [0.5, 0.6) is 0 Å². The number of H-pyrrole nitrogens is 1. The molecular weight excluding hydrogens is 651 g/mol. The molecule has 0 bridgehead atoms. The topological polar surface area (TPSA) is 126 Å². The Labute approximate surface area is 245 Å². The maximum absolute atomic E-state index is 12.7. The molecule has 0 saturated carbocycles. The molecule has 1 aliphatic heterocycles. The number of anilines is 1. The minimum absolute atomic E-state index is 0.0154. The molecule has 0 spiro atoms. The Morgan fingerprint density at radius 3 is 2.31 bits per heavy atom. The van der Waals surface area contributed by atoms with E-state index in [1.807, 2.05) is 0 Å². The van der Waals surface area contributed by atoms with Gasteiger partial charge >= 0.3 is 0 Å². The van der Waals surface area contributed by atoms with Crippen LogP contribution in [0, 0.1) is 3.57 Å². The Bertz CT molecular complexity index is 1250. The summed E-state index contributed by atoms with van der Waals surface area (Å²) in [4.78, 5) is 43.3. The molecule has 2 aromatic rings. The summed E-state index contributed by atoms with van der Waals surface area (Å²) < 4.78 is 20.9. The number of aromatic nitrogens is 3. The van der Waals surface area contributed by atoms with Crippen LogP contribution >= 0.6 is 22.6 Å². The Hall–Kier alpha value is -1.15. The number of carbonyl (C=O) groups is 1. The third kappa shape index (κ3) is 7.20. The lowest BCUT2D eigenvalue weighted by atomic mass is 10.2. The fourth-order valence-corrected chi connectivity index (χ4v) is 5.40. The van der Waals surface area contributed by atoms with Gasteiger partial charge in [0.25, 0.3) is 5.56 Å². The number of nitrogens with one attached hydrogen (secondary N) is 2. The van der Waals surface area contributed by atoms with Gasteiger partial charge in [0.15, 0.2) is 5.52 Å². The summed E-state index contributed by atoms with van der Waals surface area (Å²) in [5.41, 5.74) is 0.423. The summed E-state index contributed by atoms with van der Waals surface area (Å²) in [6, 6.07) is 0. The number of carbonyl (C=O) groups excluding carboxylic acids is 1. The predicted molar refractivity (Wildman–Crippen MR) is 163 cm³/mol.